The molecule has 0 amide bonds. The maximum absolute atomic E-state index is 2.43. The molecule has 4 aromatic carbocycles. The van der Waals surface area contributed by atoms with Gasteiger partial charge in [-0.2, -0.15) is 0 Å². The van der Waals surface area contributed by atoms with Crippen LogP contribution in [0, 0.1) is 0 Å². The molecule has 0 radical (unpaired) electrons. The second-order valence-corrected chi connectivity index (χ2v) is 11.0. The van der Waals surface area contributed by atoms with Crippen molar-refractivity contribution in [1.82, 2.24) is 9.13 Å². The van der Waals surface area contributed by atoms with Crippen LogP contribution in [0.5, 0.6) is 0 Å². The Balaban J connectivity index is 1.28. The minimum absolute atomic E-state index is 0.963. The summed E-state index contributed by atoms with van der Waals surface area (Å²) in [7, 11) is 0. The topological polar surface area (TPSA) is 9.86 Å². The van der Waals surface area contributed by atoms with Crippen LogP contribution >= 0.6 is 23.5 Å². The summed E-state index contributed by atoms with van der Waals surface area (Å²) in [5.41, 5.74) is 7.82. The smallest absolute Gasteiger partial charge is 0.0497 e. The second-order valence-electron chi connectivity index (χ2n) is 9.19. The average molecular weight is 503 g/mol. The van der Waals surface area contributed by atoms with Crippen LogP contribution in [0.2, 0.25) is 0 Å². The van der Waals surface area contributed by atoms with Crippen molar-refractivity contribution in [2.75, 3.05) is 0 Å². The molecule has 0 unspecified atom stereocenters. The zero-order valence-electron chi connectivity index (χ0n) is 20.4. The number of fused-ring (bicyclic) bond motifs is 6. The van der Waals surface area contributed by atoms with E-state index >= 15 is 0 Å². The first kappa shape index (κ1) is 21.9. The summed E-state index contributed by atoms with van der Waals surface area (Å²) < 4.78 is 4.87. The Bertz CT molecular complexity index is 1730. The maximum Gasteiger partial charge on any atom is 0.0497 e. The molecule has 6 aromatic rings. The summed E-state index contributed by atoms with van der Waals surface area (Å²) in [4.78, 5) is 2.62. The van der Waals surface area contributed by atoms with Gasteiger partial charge in [-0.25, -0.2) is 0 Å². The minimum Gasteiger partial charge on any atom is -0.341 e. The maximum atomic E-state index is 2.43. The second kappa shape index (κ2) is 8.65. The average Bonchev–Trinajstić information content (AvgIpc) is 3.44. The monoisotopic (exact) mass is 502 g/mol. The quantitative estimate of drug-likeness (QED) is 0.237. The molecule has 176 valence electrons. The van der Waals surface area contributed by atoms with E-state index in [-0.39, 0.29) is 0 Å². The van der Waals surface area contributed by atoms with Gasteiger partial charge in [0.1, 0.15) is 0 Å². The van der Waals surface area contributed by atoms with Gasteiger partial charge in [-0.3, -0.25) is 0 Å². The van der Waals surface area contributed by atoms with Gasteiger partial charge in [0.05, 0.1) is 0 Å². The van der Waals surface area contributed by atoms with E-state index in [1.807, 2.05) is 11.8 Å². The molecule has 1 aliphatic heterocycles. The molecule has 0 saturated carbocycles. The zero-order valence-corrected chi connectivity index (χ0v) is 22.0. The van der Waals surface area contributed by atoms with Crippen molar-refractivity contribution in [1.29, 1.82) is 0 Å². The van der Waals surface area contributed by atoms with Gasteiger partial charge in [0, 0.05) is 66.5 Å². The van der Waals surface area contributed by atoms with Crippen LogP contribution in [0.3, 0.4) is 0 Å². The highest BCUT2D eigenvalue weighted by Gasteiger charge is 2.17. The van der Waals surface area contributed by atoms with Crippen molar-refractivity contribution in [3.05, 3.63) is 107 Å². The number of aromatic nitrogens is 2. The molecule has 0 bridgehead atoms. The lowest BCUT2D eigenvalue weighted by Gasteiger charge is -2.16. The highest BCUT2D eigenvalue weighted by molar-refractivity contribution is 8.20. The predicted molar refractivity (Wildman–Crippen MR) is 161 cm³/mol. The molecule has 36 heavy (non-hydrogen) atoms. The molecule has 3 heterocycles. The summed E-state index contributed by atoms with van der Waals surface area (Å²) in [6.07, 6.45) is 0. The number of benzene rings is 4. The molecule has 0 fully saturated rings. The Morgan fingerprint density at radius 2 is 0.972 bits per heavy atom. The zero-order chi connectivity index (χ0) is 24.2. The van der Waals surface area contributed by atoms with Crippen LogP contribution in [0.4, 0.5) is 0 Å². The van der Waals surface area contributed by atoms with Crippen LogP contribution < -0.4 is 0 Å². The number of thioether (sulfide) groups is 2. The first-order valence-electron chi connectivity index (χ1n) is 12.5. The number of rotatable bonds is 4. The summed E-state index contributed by atoms with van der Waals surface area (Å²) in [6, 6.07) is 31.4. The molecule has 1 aliphatic rings. The van der Waals surface area contributed by atoms with Crippen LogP contribution in [0.15, 0.2) is 95.7 Å². The summed E-state index contributed by atoms with van der Waals surface area (Å²) in [5.74, 6) is 0. The highest BCUT2D eigenvalue weighted by atomic mass is 32.2. The fourth-order valence-electron chi connectivity index (χ4n) is 5.66. The lowest BCUT2D eigenvalue weighted by Crippen LogP contribution is -1.94. The van der Waals surface area contributed by atoms with Crippen molar-refractivity contribution in [2.45, 2.75) is 26.9 Å². The van der Waals surface area contributed by atoms with Gasteiger partial charge >= 0.3 is 0 Å². The van der Waals surface area contributed by atoms with Crippen LogP contribution in [-0.2, 0) is 13.1 Å². The van der Waals surface area contributed by atoms with Gasteiger partial charge in [-0.15, -0.1) is 11.8 Å². The molecule has 0 N–H and O–H groups in total. The number of nitrogens with zero attached hydrogens (tertiary/aromatic N) is 2. The fraction of sp³-hybridized carbons (Fsp3) is 0.125. The molecule has 7 rings (SSSR count). The van der Waals surface area contributed by atoms with Crippen LogP contribution in [0.1, 0.15) is 25.0 Å². The Morgan fingerprint density at radius 1 is 0.528 bits per heavy atom. The third-order valence-corrected chi connectivity index (χ3v) is 9.51. The molecular formula is C32H26N2S2. The largest absolute Gasteiger partial charge is 0.341 e. The van der Waals surface area contributed by atoms with Gasteiger partial charge in [-0.1, -0.05) is 72.4 Å². The first-order valence-corrected chi connectivity index (χ1v) is 14.3. The lowest BCUT2D eigenvalue weighted by atomic mass is 10.1. The Kier molecular flexibility index (Phi) is 5.26. The molecule has 0 saturated heterocycles. The molecule has 0 aliphatic carbocycles. The van der Waals surface area contributed by atoms with Crippen molar-refractivity contribution in [3.8, 4) is 0 Å². The van der Waals surface area contributed by atoms with E-state index < -0.39 is 0 Å². The van der Waals surface area contributed by atoms with E-state index in [4.69, 9.17) is 0 Å². The third-order valence-electron chi connectivity index (χ3n) is 7.32. The molecule has 0 atom stereocenters. The third kappa shape index (κ3) is 3.28. The van der Waals surface area contributed by atoms with Crippen molar-refractivity contribution < 1.29 is 0 Å². The van der Waals surface area contributed by atoms with Gasteiger partial charge in [-0.05, 0) is 60.1 Å². The fourth-order valence-corrected chi connectivity index (χ4v) is 7.70. The molecular weight excluding hydrogens is 477 g/mol. The highest BCUT2D eigenvalue weighted by Crippen LogP contribution is 2.47. The molecule has 2 nitrogen and oxygen atoms in total. The number of hydrogen-bond acceptors (Lipinski definition) is 2. The standard InChI is InChI=1S/C32H26N2S2/c1-3-33-27-11-7-5-9-23(27)25-15-13-21(17-29(25)33)31-19-35-20-32(36-31)22-14-16-26-24-10-6-8-12-28(24)34(4-2)30(26)18-22/h5-20H,3-4H2,1-2H3. The van der Waals surface area contributed by atoms with Crippen LogP contribution in [0.25, 0.3) is 53.4 Å². The molecule has 2 aromatic heterocycles. The van der Waals surface area contributed by atoms with Gasteiger partial charge in [0.2, 0.25) is 0 Å². The Hall–Kier alpha value is -3.34. The number of hydrogen-bond donors (Lipinski definition) is 0. The lowest BCUT2D eigenvalue weighted by molar-refractivity contribution is 0.827. The first-order chi connectivity index (χ1) is 17.8. The van der Waals surface area contributed by atoms with Crippen molar-refractivity contribution in [3.63, 3.8) is 0 Å². The molecule has 0 spiro atoms. The minimum atomic E-state index is 0.963. The van der Waals surface area contributed by atoms with Gasteiger partial charge in [0.25, 0.3) is 0 Å². The molecule has 4 heteroatoms. The number of aryl methyl sites for hydroxylation is 2. The van der Waals surface area contributed by atoms with Gasteiger partial charge < -0.3 is 9.13 Å². The van der Waals surface area contributed by atoms with E-state index in [9.17, 15) is 0 Å². The predicted octanol–water partition coefficient (Wildman–Crippen LogP) is 9.72. The van der Waals surface area contributed by atoms with Crippen LogP contribution in [-0.4, -0.2) is 9.13 Å². The Morgan fingerprint density at radius 3 is 1.44 bits per heavy atom. The van der Waals surface area contributed by atoms with E-state index in [2.05, 4.69) is 119 Å². The van der Waals surface area contributed by atoms with E-state index in [0.717, 1.165) is 13.1 Å². The van der Waals surface area contributed by atoms with Gasteiger partial charge in [0.15, 0.2) is 0 Å². The normalized spacial score (nSPS) is 14.2. The summed E-state index contributed by atoms with van der Waals surface area (Å²) in [6.45, 7) is 6.39. The van der Waals surface area contributed by atoms with E-state index in [1.54, 1.807) is 11.8 Å². The van der Waals surface area contributed by atoms with Crippen molar-refractivity contribution >= 4 is 76.9 Å². The van der Waals surface area contributed by atoms with E-state index in [1.165, 1.54) is 64.5 Å². The summed E-state index contributed by atoms with van der Waals surface area (Å²) in [5, 5.41) is 9.91. The number of para-hydroxylation sites is 2. The Labute approximate surface area is 219 Å². The SMILES string of the molecule is CCn1c2ccccc2c2ccc(C3=CSC=C(c4ccc5c6ccccc6n(CC)c5c4)S3)cc21. The van der Waals surface area contributed by atoms with Crippen molar-refractivity contribution in [2.24, 2.45) is 0 Å². The van der Waals surface area contributed by atoms with E-state index in [0.29, 0.717) is 0 Å². The summed E-state index contributed by atoms with van der Waals surface area (Å²) >= 11 is 3.66.